The van der Waals surface area contributed by atoms with Gasteiger partial charge in [-0.25, -0.2) is 9.59 Å². The van der Waals surface area contributed by atoms with E-state index in [-0.39, 0.29) is 11.6 Å². The van der Waals surface area contributed by atoms with Crippen LogP contribution in [0.15, 0.2) is 0 Å². The summed E-state index contributed by atoms with van der Waals surface area (Å²) in [5.41, 5.74) is -1.13. The van der Waals surface area contributed by atoms with Gasteiger partial charge in [0.25, 0.3) is 0 Å². The summed E-state index contributed by atoms with van der Waals surface area (Å²) >= 11 is 0. The lowest BCUT2D eigenvalue weighted by Gasteiger charge is -2.45. The average molecular weight is 283 g/mol. The van der Waals surface area contributed by atoms with E-state index in [0.717, 1.165) is 19.4 Å². The largest absolute Gasteiger partial charge is 0.480 e. The zero-order chi connectivity index (χ0) is 15.0. The molecule has 0 spiro atoms. The van der Waals surface area contributed by atoms with Crippen LogP contribution in [0, 0.1) is 0 Å². The van der Waals surface area contributed by atoms with E-state index in [1.807, 2.05) is 7.05 Å². The topological polar surface area (TPSA) is 72.9 Å². The molecule has 1 saturated heterocycles. The second-order valence-electron chi connectivity index (χ2n) is 6.68. The Morgan fingerprint density at radius 2 is 1.75 bits per heavy atom. The molecule has 0 bridgehead atoms. The molecule has 1 aliphatic carbocycles. The predicted octanol–water partition coefficient (Wildman–Crippen LogP) is 1.12. The second kappa shape index (κ2) is 5.24. The quantitative estimate of drug-likeness (QED) is 0.796. The first kappa shape index (κ1) is 15.1. The number of nitrogens with one attached hydrogen (secondary N) is 1. The zero-order valence-electron chi connectivity index (χ0n) is 12.6. The molecule has 0 aromatic rings. The number of carbonyl (C=O) groups excluding carboxylic acids is 1. The van der Waals surface area contributed by atoms with Crippen molar-refractivity contribution in [3.63, 3.8) is 0 Å². The predicted molar refractivity (Wildman–Crippen MR) is 75.6 cm³/mol. The van der Waals surface area contributed by atoms with Gasteiger partial charge in [-0.1, -0.05) is 12.8 Å². The van der Waals surface area contributed by atoms with Gasteiger partial charge < -0.3 is 15.3 Å². The summed E-state index contributed by atoms with van der Waals surface area (Å²) < 4.78 is 0. The number of likely N-dealkylation sites (N-methyl/N-ethyl adjacent to an activating group) is 1. The fraction of sp³-hybridized carbons (Fsp3) is 0.857. The summed E-state index contributed by atoms with van der Waals surface area (Å²) in [7, 11) is 2.05. The zero-order valence-corrected chi connectivity index (χ0v) is 12.6. The molecule has 0 unspecified atom stereocenters. The number of urea groups is 1. The van der Waals surface area contributed by atoms with Crippen molar-refractivity contribution in [1.29, 1.82) is 0 Å². The summed E-state index contributed by atoms with van der Waals surface area (Å²) in [5.74, 6) is -0.906. The molecule has 2 fully saturated rings. The Morgan fingerprint density at radius 3 is 2.25 bits per heavy atom. The molecule has 20 heavy (non-hydrogen) atoms. The molecule has 1 heterocycles. The Morgan fingerprint density at radius 1 is 1.15 bits per heavy atom. The van der Waals surface area contributed by atoms with Gasteiger partial charge in [-0.2, -0.15) is 0 Å². The van der Waals surface area contributed by atoms with Crippen LogP contribution < -0.4 is 5.32 Å². The number of carboxylic acids is 1. The molecule has 6 nitrogen and oxygen atoms in total. The highest BCUT2D eigenvalue weighted by Crippen LogP contribution is 2.30. The van der Waals surface area contributed by atoms with Crippen molar-refractivity contribution in [2.75, 3.05) is 26.7 Å². The van der Waals surface area contributed by atoms with Crippen LogP contribution in [0.1, 0.15) is 39.5 Å². The van der Waals surface area contributed by atoms with Crippen LogP contribution in [0.3, 0.4) is 0 Å². The molecule has 0 atom stereocenters. The molecule has 2 aliphatic rings. The highest BCUT2D eigenvalue weighted by atomic mass is 16.4. The van der Waals surface area contributed by atoms with Gasteiger partial charge in [0.05, 0.1) is 0 Å². The monoisotopic (exact) mass is 283 g/mol. The van der Waals surface area contributed by atoms with Crippen LogP contribution in [-0.2, 0) is 4.79 Å². The SMILES string of the molecule is CN1CCN(C(=O)NC2(C(=O)O)CCCC2)CC1(C)C. The molecule has 1 aliphatic heterocycles. The van der Waals surface area contributed by atoms with Crippen molar-refractivity contribution in [2.45, 2.75) is 50.6 Å². The number of aliphatic carboxylic acids is 1. The summed E-state index contributed by atoms with van der Waals surface area (Å²) in [6, 6.07) is -0.240. The van der Waals surface area contributed by atoms with E-state index >= 15 is 0 Å². The lowest BCUT2D eigenvalue weighted by Crippen LogP contribution is -2.63. The molecule has 2 rings (SSSR count). The third-order valence-electron chi connectivity index (χ3n) is 4.82. The summed E-state index contributed by atoms with van der Waals surface area (Å²) in [5, 5.41) is 12.2. The smallest absolute Gasteiger partial charge is 0.329 e. The van der Waals surface area contributed by atoms with E-state index in [1.165, 1.54) is 0 Å². The third-order valence-corrected chi connectivity index (χ3v) is 4.82. The van der Waals surface area contributed by atoms with E-state index in [1.54, 1.807) is 4.90 Å². The minimum atomic E-state index is -1.05. The fourth-order valence-electron chi connectivity index (χ4n) is 3.07. The number of carbonyl (C=O) groups is 2. The van der Waals surface area contributed by atoms with Crippen LogP contribution in [-0.4, -0.2) is 64.7 Å². The van der Waals surface area contributed by atoms with Gasteiger partial charge >= 0.3 is 12.0 Å². The molecule has 0 radical (unpaired) electrons. The second-order valence-corrected chi connectivity index (χ2v) is 6.68. The van der Waals surface area contributed by atoms with Crippen molar-refractivity contribution >= 4 is 12.0 Å². The van der Waals surface area contributed by atoms with Crippen molar-refractivity contribution in [2.24, 2.45) is 0 Å². The molecule has 2 amide bonds. The van der Waals surface area contributed by atoms with Crippen molar-refractivity contribution < 1.29 is 14.7 Å². The number of hydrogen-bond donors (Lipinski definition) is 2. The Labute approximate surface area is 120 Å². The van der Waals surface area contributed by atoms with E-state index in [2.05, 4.69) is 24.1 Å². The van der Waals surface area contributed by atoms with Crippen molar-refractivity contribution in [1.82, 2.24) is 15.1 Å². The molecule has 2 N–H and O–H groups in total. The molecule has 114 valence electrons. The van der Waals surface area contributed by atoms with Crippen LogP contribution >= 0.6 is 0 Å². The van der Waals surface area contributed by atoms with Gasteiger partial charge in [-0.15, -0.1) is 0 Å². The highest BCUT2D eigenvalue weighted by molar-refractivity contribution is 5.86. The Bertz CT molecular complexity index is 402. The Kier molecular flexibility index (Phi) is 3.95. The van der Waals surface area contributed by atoms with E-state index < -0.39 is 11.5 Å². The summed E-state index contributed by atoms with van der Waals surface area (Å²) in [4.78, 5) is 27.8. The number of nitrogens with zero attached hydrogens (tertiary/aromatic N) is 2. The first-order valence-corrected chi connectivity index (χ1v) is 7.29. The first-order chi connectivity index (χ1) is 9.27. The van der Waals surface area contributed by atoms with Crippen LogP contribution in [0.25, 0.3) is 0 Å². The lowest BCUT2D eigenvalue weighted by atomic mass is 9.97. The number of rotatable bonds is 2. The van der Waals surface area contributed by atoms with Crippen molar-refractivity contribution in [3.05, 3.63) is 0 Å². The standard InChI is InChI=1S/C14H25N3O3/c1-13(2)10-17(9-8-16(13)3)12(20)15-14(11(18)19)6-4-5-7-14/h4-10H2,1-3H3,(H,15,20)(H,18,19). The van der Waals surface area contributed by atoms with Gasteiger partial charge in [0.2, 0.25) is 0 Å². The average Bonchev–Trinajstić information content (AvgIpc) is 2.82. The van der Waals surface area contributed by atoms with Gasteiger partial charge in [0.15, 0.2) is 0 Å². The minimum absolute atomic E-state index is 0.0817. The molecular weight excluding hydrogens is 258 g/mol. The number of carboxylic acid groups (broad SMARTS) is 1. The summed E-state index contributed by atoms with van der Waals surface area (Å²) in [6.45, 7) is 6.25. The maximum Gasteiger partial charge on any atom is 0.329 e. The number of hydrogen-bond acceptors (Lipinski definition) is 3. The van der Waals surface area contributed by atoms with E-state index in [4.69, 9.17) is 0 Å². The molecule has 6 heteroatoms. The molecular formula is C14H25N3O3. The molecule has 1 saturated carbocycles. The van der Waals surface area contributed by atoms with E-state index in [9.17, 15) is 14.7 Å². The Balaban J connectivity index is 2.03. The lowest BCUT2D eigenvalue weighted by molar-refractivity contribution is -0.144. The fourth-order valence-corrected chi connectivity index (χ4v) is 3.07. The number of piperazine rings is 1. The Hall–Kier alpha value is -1.30. The van der Waals surface area contributed by atoms with Crippen LogP contribution in [0.5, 0.6) is 0 Å². The van der Waals surface area contributed by atoms with Gasteiger partial charge in [-0.05, 0) is 33.7 Å². The van der Waals surface area contributed by atoms with Crippen molar-refractivity contribution in [3.8, 4) is 0 Å². The van der Waals surface area contributed by atoms with E-state index in [0.29, 0.717) is 25.9 Å². The molecule has 0 aromatic carbocycles. The van der Waals surface area contributed by atoms with Gasteiger partial charge in [-0.3, -0.25) is 4.90 Å². The van der Waals surface area contributed by atoms with Crippen LogP contribution in [0.4, 0.5) is 4.79 Å². The first-order valence-electron chi connectivity index (χ1n) is 7.29. The normalized spacial score (nSPS) is 25.4. The maximum atomic E-state index is 12.4. The van der Waals surface area contributed by atoms with Crippen LogP contribution in [0.2, 0.25) is 0 Å². The highest BCUT2D eigenvalue weighted by Gasteiger charge is 2.44. The summed E-state index contributed by atoms with van der Waals surface area (Å²) in [6.07, 6.45) is 2.79. The van der Waals surface area contributed by atoms with Gasteiger partial charge in [0.1, 0.15) is 5.54 Å². The number of amides is 2. The third kappa shape index (κ3) is 2.75. The maximum absolute atomic E-state index is 12.4. The minimum Gasteiger partial charge on any atom is -0.480 e. The molecule has 0 aromatic heterocycles. The van der Waals surface area contributed by atoms with Gasteiger partial charge in [0, 0.05) is 25.2 Å².